The van der Waals surface area contributed by atoms with Crippen LogP contribution in [0.2, 0.25) is 0 Å². The van der Waals surface area contributed by atoms with Gasteiger partial charge >= 0.3 is 5.97 Å². The maximum absolute atomic E-state index is 9.76. The van der Waals surface area contributed by atoms with Crippen molar-refractivity contribution in [2.45, 2.75) is 89.3 Å². The highest BCUT2D eigenvalue weighted by Crippen LogP contribution is 2.32. The number of aliphatic hydroxyl groups is 6. The molecule has 134 valence electrons. The van der Waals surface area contributed by atoms with Gasteiger partial charge in [0.15, 0.2) is 0 Å². The van der Waals surface area contributed by atoms with Crippen LogP contribution in [0.25, 0.3) is 0 Å². The average molecular weight is 322 g/mol. The second-order valence-electron chi connectivity index (χ2n) is 6.19. The molecule has 0 aromatic carbocycles. The molecule has 0 aliphatic rings. The van der Waals surface area contributed by atoms with E-state index in [0.717, 1.165) is 19.3 Å². The van der Waals surface area contributed by atoms with Crippen LogP contribution in [-0.4, -0.2) is 49.0 Å². The van der Waals surface area contributed by atoms with Crippen molar-refractivity contribution in [2.75, 3.05) is 6.61 Å². The minimum absolute atomic E-state index is 0.126. The SMILES string of the molecule is CCCCCCCCCCC(CCCO)C(O)(O)C(O)(O)O. The largest absolute Gasteiger partial charge is 0.396 e. The van der Waals surface area contributed by atoms with Gasteiger partial charge in [-0.1, -0.05) is 58.3 Å². The molecule has 0 saturated heterocycles. The van der Waals surface area contributed by atoms with E-state index in [1.165, 1.54) is 25.7 Å². The van der Waals surface area contributed by atoms with E-state index in [9.17, 15) is 10.2 Å². The Morgan fingerprint density at radius 2 is 1.14 bits per heavy atom. The second-order valence-corrected chi connectivity index (χ2v) is 6.19. The Hall–Kier alpha value is -0.240. The molecule has 0 rings (SSSR count). The van der Waals surface area contributed by atoms with Crippen LogP contribution in [0, 0.1) is 5.92 Å². The summed E-state index contributed by atoms with van der Waals surface area (Å²) in [7, 11) is 0. The summed E-state index contributed by atoms with van der Waals surface area (Å²) in [6.07, 6.45) is 9.62. The molecule has 0 aromatic heterocycles. The molecule has 6 heteroatoms. The average Bonchev–Trinajstić information content (AvgIpc) is 2.43. The van der Waals surface area contributed by atoms with Crippen molar-refractivity contribution >= 4 is 0 Å². The third kappa shape index (κ3) is 8.41. The van der Waals surface area contributed by atoms with Crippen molar-refractivity contribution in [3.63, 3.8) is 0 Å². The lowest BCUT2D eigenvalue weighted by atomic mass is 9.86. The van der Waals surface area contributed by atoms with Crippen molar-refractivity contribution < 1.29 is 30.6 Å². The number of aliphatic hydroxyl groups excluding tert-OH is 1. The Bertz CT molecular complexity index is 262. The molecule has 22 heavy (non-hydrogen) atoms. The van der Waals surface area contributed by atoms with Gasteiger partial charge in [0.1, 0.15) is 0 Å². The van der Waals surface area contributed by atoms with Gasteiger partial charge in [-0.05, 0) is 19.3 Å². The van der Waals surface area contributed by atoms with Crippen LogP contribution < -0.4 is 0 Å². The van der Waals surface area contributed by atoms with Gasteiger partial charge in [0.25, 0.3) is 0 Å². The molecule has 1 atom stereocenters. The molecule has 0 amide bonds. The summed E-state index contributed by atoms with van der Waals surface area (Å²) < 4.78 is 0. The lowest BCUT2D eigenvalue weighted by Gasteiger charge is -2.37. The standard InChI is InChI=1S/C16H34O6/c1-2-3-4-5-6-7-8-9-11-14(12-10-13-17)15(18,19)16(20,21)22/h14,17-22H,2-13H2,1H3. The van der Waals surface area contributed by atoms with Gasteiger partial charge in [-0.25, -0.2) is 0 Å². The van der Waals surface area contributed by atoms with Gasteiger partial charge in [-0.2, -0.15) is 0 Å². The quantitative estimate of drug-likeness (QED) is 0.211. The van der Waals surface area contributed by atoms with Crippen LogP contribution >= 0.6 is 0 Å². The van der Waals surface area contributed by atoms with Gasteiger partial charge in [0.2, 0.25) is 5.79 Å². The van der Waals surface area contributed by atoms with Crippen molar-refractivity contribution in [1.82, 2.24) is 0 Å². The normalized spacial score (nSPS) is 14.3. The summed E-state index contributed by atoms with van der Waals surface area (Å²) in [5.41, 5.74) is 0. The molecule has 6 nitrogen and oxygen atoms in total. The zero-order valence-corrected chi connectivity index (χ0v) is 13.7. The van der Waals surface area contributed by atoms with Crippen molar-refractivity contribution in [2.24, 2.45) is 5.92 Å². The molecule has 0 radical (unpaired) electrons. The first-order valence-corrected chi connectivity index (χ1v) is 8.50. The molecule has 0 heterocycles. The Morgan fingerprint density at radius 3 is 1.59 bits per heavy atom. The predicted molar refractivity (Wildman–Crippen MR) is 83.6 cm³/mol. The van der Waals surface area contributed by atoms with Gasteiger partial charge < -0.3 is 30.6 Å². The molecule has 0 saturated carbocycles. The fourth-order valence-corrected chi connectivity index (χ4v) is 2.68. The first-order chi connectivity index (χ1) is 10.3. The Labute approximate surface area is 133 Å². The molecule has 0 aromatic rings. The molecule has 1 unspecified atom stereocenters. The van der Waals surface area contributed by atoms with E-state index in [0.29, 0.717) is 19.3 Å². The molecule has 0 fully saturated rings. The smallest absolute Gasteiger partial charge is 0.332 e. The molecule has 0 aliphatic carbocycles. The van der Waals surface area contributed by atoms with Gasteiger partial charge in [0, 0.05) is 12.5 Å². The Morgan fingerprint density at radius 1 is 0.682 bits per heavy atom. The summed E-state index contributed by atoms with van der Waals surface area (Å²) in [6, 6.07) is 0. The third-order valence-electron chi connectivity index (χ3n) is 4.18. The van der Waals surface area contributed by atoms with E-state index in [2.05, 4.69) is 6.92 Å². The van der Waals surface area contributed by atoms with Crippen molar-refractivity contribution in [3.05, 3.63) is 0 Å². The topological polar surface area (TPSA) is 121 Å². The minimum atomic E-state index is -3.56. The molecule has 0 aliphatic heterocycles. The lowest BCUT2D eigenvalue weighted by Crippen LogP contribution is -2.59. The van der Waals surface area contributed by atoms with Crippen LogP contribution in [-0.2, 0) is 0 Å². The minimum Gasteiger partial charge on any atom is -0.396 e. The van der Waals surface area contributed by atoms with Gasteiger partial charge in [0.05, 0.1) is 0 Å². The zero-order chi connectivity index (χ0) is 17.1. The molecular weight excluding hydrogens is 288 g/mol. The van der Waals surface area contributed by atoms with Crippen LogP contribution in [0.15, 0.2) is 0 Å². The van der Waals surface area contributed by atoms with Crippen LogP contribution in [0.3, 0.4) is 0 Å². The zero-order valence-electron chi connectivity index (χ0n) is 13.7. The first kappa shape index (κ1) is 21.8. The van der Waals surface area contributed by atoms with Crippen molar-refractivity contribution in [1.29, 1.82) is 0 Å². The predicted octanol–water partition coefficient (Wildman–Crippen LogP) is 1.22. The summed E-state index contributed by atoms with van der Waals surface area (Å²) in [4.78, 5) is 0. The summed E-state index contributed by atoms with van der Waals surface area (Å²) in [6.45, 7) is 2.05. The Kier molecular flexibility index (Phi) is 11.2. The number of rotatable bonds is 14. The number of hydrogen-bond donors (Lipinski definition) is 6. The molecule has 0 bridgehead atoms. The second kappa shape index (κ2) is 11.3. The van der Waals surface area contributed by atoms with Crippen LogP contribution in [0.5, 0.6) is 0 Å². The van der Waals surface area contributed by atoms with E-state index in [1.807, 2.05) is 0 Å². The van der Waals surface area contributed by atoms with Gasteiger partial charge in [-0.15, -0.1) is 0 Å². The number of hydrogen-bond acceptors (Lipinski definition) is 6. The fraction of sp³-hybridized carbons (Fsp3) is 1.00. The first-order valence-electron chi connectivity index (χ1n) is 8.50. The fourth-order valence-electron chi connectivity index (χ4n) is 2.68. The van der Waals surface area contributed by atoms with Crippen LogP contribution in [0.4, 0.5) is 0 Å². The highest BCUT2D eigenvalue weighted by atomic mass is 16.7. The highest BCUT2D eigenvalue weighted by Gasteiger charge is 2.51. The van der Waals surface area contributed by atoms with E-state index in [-0.39, 0.29) is 13.0 Å². The molecular formula is C16H34O6. The van der Waals surface area contributed by atoms with E-state index < -0.39 is 17.7 Å². The maximum atomic E-state index is 9.76. The maximum Gasteiger partial charge on any atom is 0.332 e. The van der Waals surface area contributed by atoms with Crippen LogP contribution in [0.1, 0.15) is 77.6 Å². The number of unbranched alkanes of at least 4 members (excludes halogenated alkanes) is 7. The molecule has 6 N–H and O–H groups in total. The van der Waals surface area contributed by atoms with E-state index in [4.69, 9.17) is 20.4 Å². The lowest BCUT2D eigenvalue weighted by molar-refractivity contribution is -0.460. The Balaban J connectivity index is 4.11. The van der Waals surface area contributed by atoms with Crippen molar-refractivity contribution in [3.8, 4) is 0 Å². The monoisotopic (exact) mass is 322 g/mol. The summed E-state index contributed by atoms with van der Waals surface area (Å²) in [5.74, 6) is -7.46. The highest BCUT2D eigenvalue weighted by molar-refractivity contribution is 4.82. The third-order valence-corrected chi connectivity index (χ3v) is 4.18. The van der Waals surface area contributed by atoms with E-state index >= 15 is 0 Å². The molecule has 0 spiro atoms. The van der Waals surface area contributed by atoms with E-state index in [1.54, 1.807) is 0 Å². The summed E-state index contributed by atoms with van der Waals surface area (Å²) in [5, 5.41) is 55.6. The summed E-state index contributed by atoms with van der Waals surface area (Å²) >= 11 is 0. The van der Waals surface area contributed by atoms with Gasteiger partial charge in [-0.3, -0.25) is 0 Å².